The van der Waals surface area contributed by atoms with E-state index in [1.54, 1.807) is 12.1 Å². The Balaban J connectivity index is 1.92. The van der Waals surface area contributed by atoms with Gasteiger partial charge in [0, 0.05) is 23.3 Å². The van der Waals surface area contributed by atoms with Crippen molar-refractivity contribution in [1.82, 2.24) is 14.7 Å². The zero-order valence-corrected chi connectivity index (χ0v) is 13.0. The van der Waals surface area contributed by atoms with Crippen molar-refractivity contribution in [2.45, 2.75) is 51.5 Å². The van der Waals surface area contributed by atoms with E-state index < -0.39 is 0 Å². The highest BCUT2D eigenvalue weighted by Gasteiger charge is 2.22. The third-order valence-electron chi connectivity index (χ3n) is 4.15. The van der Waals surface area contributed by atoms with Crippen LogP contribution in [0.4, 0.5) is 0 Å². The molecule has 1 aliphatic rings. The average molecular weight is 306 g/mol. The maximum absolute atomic E-state index is 12.6. The van der Waals surface area contributed by atoms with Crippen molar-refractivity contribution in [2.75, 3.05) is 0 Å². The van der Waals surface area contributed by atoms with E-state index in [4.69, 9.17) is 11.6 Å². The average Bonchev–Trinajstić information content (AvgIpc) is 2.85. The SMILES string of the molecule is CCc1nc2cc(Cl)ccn2c1C(=O)NC1CCCCC1. The number of rotatable bonds is 3. The maximum atomic E-state index is 12.6. The number of hydrogen-bond donors (Lipinski definition) is 1. The van der Waals surface area contributed by atoms with Gasteiger partial charge in [-0.25, -0.2) is 4.98 Å². The van der Waals surface area contributed by atoms with Gasteiger partial charge < -0.3 is 5.32 Å². The molecular formula is C16H20ClN3O. The number of nitrogens with zero attached hydrogens (tertiary/aromatic N) is 2. The van der Waals surface area contributed by atoms with Crippen LogP contribution in [0.15, 0.2) is 18.3 Å². The molecule has 0 aliphatic heterocycles. The number of halogens is 1. The van der Waals surface area contributed by atoms with Gasteiger partial charge in [-0.15, -0.1) is 0 Å². The number of fused-ring (bicyclic) bond motifs is 1. The van der Waals surface area contributed by atoms with Crippen LogP contribution in [0.25, 0.3) is 5.65 Å². The molecule has 0 spiro atoms. The molecule has 2 heterocycles. The number of aromatic nitrogens is 2. The number of carbonyl (C=O) groups is 1. The fourth-order valence-electron chi connectivity index (χ4n) is 3.06. The molecule has 112 valence electrons. The second-order valence-corrected chi connectivity index (χ2v) is 6.08. The Morgan fingerprint density at radius 2 is 2.19 bits per heavy atom. The Morgan fingerprint density at radius 3 is 2.90 bits per heavy atom. The molecule has 1 amide bonds. The molecule has 1 aliphatic carbocycles. The van der Waals surface area contributed by atoms with Gasteiger partial charge in [0.15, 0.2) is 0 Å². The first-order chi connectivity index (χ1) is 10.2. The van der Waals surface area contributed by atoms with E-state index in [0.717, 1.165) is 30.6 Å². The number of carbonyl (C=O) groups excluding carboxylic acids is 1. The summed E-state index contributed by atoms with van der Waals surface area (Å²) in [6, 6.07) is 3.87. The lowest BCUT2D eigenvalue weighted by atomic mass is 9.95. The normalized spacial score (nSPS) is 16.3. The molecular weight excluding hydrogens is 286 g/mol. The van der Waals surface area contributed by atoms with E-state index in [-0.39, 0.29) is 5.91 Å². The highest BCUT2D eigenvalue weighted by Crippen LogP contribution is 2.20. The van der Waals surface area contributed by atoms with E-state index in [1.807, 2.05) is 17.5 Å². The molecule has 0 saturated heterocycles. The van der Waals surface area contributed by atoms with Gasteiger partial charge in [0.05, 0.1) is 5.69 Å². The molecule has 1 N–H and O–H groups in total. The summed E-state index contributed by atoms with van der Waals surface area (Å²) in [6.45, 7) is 2.01. The fraction of sp³-hybridized carbons (Fsp3) is 0.500. The van der Waals surface area contributed by atoms with E-state index in [2.05, 4.69) is 10.3 Å². The summed E-state index contributed by atoms with van der Waals surface area (Å²) in [5.74, 6) is -0.0198. The summed E-state index contributed by atoms with van der Waals surface area (Å²) in [5, 5.41) is 3.80. The molecule has 3 rings (SSSR count). The standard InChI is InChI=1S/C16H20ClN3O/c1-2-13-15(16(21)18-12-6-4-3-5-7-12)20-9-8-11(17)10-14(20)19-13/h8-10,12H,2-7H2,1H3,(H,18,21). The highest BCUT2D eigenvalue weighted by molar-refractivity contribution is 6.30. The van der Waals surface area contributed by atoms with Crippen LogP contribution in [-0.4, -0.2) is 21.3 Å². The first kappa shape index (κ1) is 14.4. The van der Waals surface area contributed by atoms with Crippen LogP contribution >= 0.6 is 11.6 Å². The van der Waals surface area contributed by atoms with E-state index in [9.17, 15) is 4.79 Å². The molecule has 1 saturated carbocycles. The lowest BCUT2D eigenvalue weighted by Gasteiger charge is -2.22. The van der Waals surface area contributed by atoms with Gasteiger partial charge in [0.1, 0.15) is 11.3 Å². The summed E-state index contributed by atoms with van der Waals surface area (Å²) in [6.07, 6.45) is 8.39. The van der Waals surface area contributed by atoms with Crippen LogP contribution in [0.3, 0.4) is 0 Å². The molecule has 2 aromatic rings. The lowest BCUT2D eigenvalue weighted by molar-refractivity contribution is 0.0920. The third-order valence-corrected chi connectivity index (χ3v) is 4.39. The molecule has 0 aromatic carbocycles. The van der Waals surface area contributed by atoms with Crippen LogP contribution in [0.2, 0.25) is 5.02 Å². The summed E-state index contributed by atoms with van der Waals surface area (Å²) in [5.41, 5.74) is 2.20. The molecule has 4 nitrogen and oxygen atoms in total. The number of imidazole rings is 1. The first-order valence-electron chi connectivity index (χ1n) is 7.66. The van der Waals surface area contributed by atoms with Gasteiger partial charge >= 0.3 is 0 Å². The fourth-order valence-corrected chi connectivity index (χ4v) is 3.21. The summed E-state index contributed by atoms with van der Waals surface area (Å²) < 4.78 is 1.84. The van der Waals surface area contributed by atoms with Crippen molar-refractivity contribution in [3.63, 3.8) is 0 Å². The Bertz CT molecular complexity index is 659. The van der Waals surface area contributed by atoms with Crippen LogP contribution in [0, 0.1) is 0 Å². The minimum atomic E-state index is -0.0198. The number of pyridine rings is 1. The van der Waals surface area contributed by atoms with Crippen molar-refractivity contribution < 1.29 is 4.79 Å². The largest absolute Gasteiger partial charge is 0.348 e. The second-order valence-electron chi connectivity index (χ2n) is 5.64. The van der Waals surface area contributed by atoms with Gasteiger partial charge in [-0.3, -0.25) is 9.20 Å². The number of amides is 1. The number of hydrogen-bond acceptors (Lipinski definition) is 2. The van der Waals surface area contributed by atoms with Crippen molar-refractivity contribution in [1.29, 1.82) is 0 Å². The Kier molecular flexibility index (Phi) is 4.15. The molecule has 21 heavy (non-hydrogen) atoms. The third kappa shape index (κ3) is 2.91. The van der Waals surface area contributed by atoms with E-state index >= 15 is 0 Å². The molecule has 0 unspecified atom stereocenters. The van der Waals surface area contributed by atoms with Crippen molar-refractivity contribution >= 4 is 23.2 Å². The van der Waals surface area contributed by atoms with Crippen LogP contribution in [0.5, 0.6) is 0 Å². The molecule has 0 bridgehead atoms. The molecule has 2 aromatic heterocycles. The lowest BCUT2D eigenvalue weighted by Crippen LogP contribution is -2.37. The number of aryl methyl sites for hydroxylation is 1. The predicted molar refractivity (Wildman–Crippen MR) is 83.9 cm³/mol. The zero-order chi connectivity index (χ0) is 14.8. The molecule has 1 fully saturated rings. The predicted octanol–water partition coefficient (Wildman–Crippen LogP) is 3.61. The Hall–Kier alpha value is -1.55. The second kappa shape index (κ2) is 6.06. The monoisotopic (exact) mass is 305 g/mol. The first-order valence-corrected chi connectivity index (χ1v) is 8.04. The smallest absolute Gasteiger partial charge is 0.270 e. The Labute approximate surface area is 129 Å². The molecule has 0 atom stereocenters. The molecule has 0 radical (unpaired) electrons. The maximum Gasteiger partial charge on any atom is 0.270 e. The van der Waals surface area contributed by atoms with Crippen molar-refractivity contribution in [3.05, 3.63) is 34.7 Å². The number of nitrogens with one attached hydrogen (secondary N) is 1. The van der Waals surface area contributed by atoms with Gasteiger partial charge in [-0.05, 0) is 25.3 Å². The van der Waals surface area contributed by atoms with Crippen molar-refractivity contribution in [3.8, 4) is 0 Å². The highest BCUT2D eigenvalue weighted by atomic mass is 35.5. The zero-order valence-electron chi connectivity index (χ0n) is 12.2. The topological polar surface area (TPSA) is 46.4 Å². The quantitative estimate of drug-likeness (QED) is 0.941. The van der Waals surface area contributed by atoms with Gasteiger partial charge in [0.25, 0.3) is 5.91 Å². The van der Waals surface area contributed by atoms with Crippen LogP contribution in [0.1, 0.15) is 55.2 Å². The Morgan fingerprint density at radius 1 is 1.43 bits per heavy atom. The van der Waals surface area contributed by atoms with Crippen LogP contribution < -0.4 is 5.32 Å². The van der Waals surface area contributed by atoms with Gasteiger partial charge in [-0.1, -0.05) is 37.8 Å². The summed E-state index contributed by atoms with van der Waals surface area (Å²) in [7, 11) is 0. The molecule has 5 heteroatoms. The van der Waals surface area contributed by atoms with E-state index in [1.165, 1.54) is 19.3 Å². The summed E-state index contributed by atoms with van der Waals surface area (Å²) in [4.78, 5) is 17.2. The van der Waals surface area contributed by atoms with Crippen molar-refractivity contribution in [2.24, 2.45) is 0 Å². The van der Waals surface area contributed by atoms with Crippen LogP contribution in [-0.2, 0) is 6.42 Å². The van der Waals surface area contributed by atoms with Gasteiger partial charge in [0.2, 0.25) is 0 Å². The van der Waals surface area contributed by atoms with E-state index in [0.29, 0.717) is 16.8 Å². The van der Waals surface area contributed by atoms with Gasteiger partial charge in [-0.2, -0.15) is 0 Å². The summed E-state index contributed by atoms with van der Waals surface area (Å²) >= 11 is 6.00. The minimum absolute atomic E-state index is 0.0198. The minimum Gasteiger partial charge on any atom is -0.348 e.